The summed E-state index contributed by atoms with van der Waals surface area (Å²) in [6, 6.07) is 4.97. The van der Waals surface area contributed by atoms with Crippen LogP contribution in [-0.4, -0.2) is 38.0 Å². The molecule has 0 aliphatic carbocycles. The molecule has 6 nitrogen and oxygen atoms in total. The minimum Gasteiger partial charge on any atom is -0.395 e. The number of alkyl halides is 3. The summed E-state index contributed by atoms with van der Waals surface area (Å²) >= 11 is 0. The molecule has 1 N–H and O–H groups in total. The number of hydrogen-bond acceptors (Lipinski definition) is 5. The monoisotopic (exact) mass is 365 g/mol. The Hall–Kier alpha value is -2.68. The predicted octanol–water partition coefficient (Wildman–Crippen LogP) is 2.69. The van der Waals surface area contributed by atoms with Gasteiger partial charge in [0.05, 0.1) is 23.8 Å². The quantitative estimate of drug-likeness (QED) is 0.753. The van der Waals surface area contributed by atoms with E-state index in [9.17, 15) is 18.3 Å². The Morgan fingerprint density at radius 2 is 1.85 bits per heavy atom. The minimum absolute atomic E-state index is 0.120. The van der Waals surface area contributed by atoms with E-state index in [1.165, 1.54) is 12.1 Å². The molecule has 0 aliphatic rings. The van der Waals surface area contributed by atoms with Crippen molar-refractivity contribution in [2.24, 2.45) is 7.05 Å². The van der Waals surface area contributed by atoms with E-state index in [1.807, 2.05) is 0 Å². The van der Waals surface area contributed by atoms with Gasteiger partial charge >= 0.3 is 6.18 Å². The lowest BCUT2D eigenvalue weighted by atomic mass is 10.1. The smallest absolute Gasteiger partial charge is 0.395 e. The van der Waals surface area contributed by atoms with Crippen molar-refractivity contribution in [2.45, 2.75) is 19.6 Å². The predicted molar refractivity (Wildman–Crippen MR) is 90.6 cm³/mol. The second-order valence-electron chi connectivity index (χ2n) is 5.94. The van der Waals surface area contributed by atoms with Gasteiger partial charge in [0.1, 0.15) is 11.6 Å². The molecular weight excluding hydrogens is 347 g/mol. The summed E-state index contributed by atoms with van der Waals surface area (Å²) in [7, 11) is 1.77. The van der Waals surface area contributed by atoms with Crippen molar-refractivity contribution in [1.82, 2.24) is 19.7 Å². The number of rotatable bonds is 5. The molecule has 2 heterocycles. The zero-order valence-corrected chi connectivity index (χ0v) is 14.3. The van der Waals surface area contributed by atoms with Crippen LogP contribution in [0.5, 0.6) is 0 Å². The first-order chi connectivity index (χ1) is 12.3. The number of aryl methyl sites for hydroxylation is 2. The zero-order chi connectivity index (χ0) is 18.9. The van der Waals surface area contributed by atoms with Gasteiger partial charge in [0, 0.05) is 20.1 Å². The summed E-state index contributed by atoms with van der Waals surface area (Å²) in [4.78, 5) is 10.6. The molecule has 1 aromatic carbocycles. The van der Waals surface area contributed by atoms with Crippen molar-refractivity contribution in [3.8, 4) is 0 Å². The van der Waals surface area contributed by atoms with E-state index in [0.717, 1.165) is 17.5 Å². The first-order valence-electron chi connectivity index (χ1n) is 7.98. The van der Waals surface area contributed by atoms with Gasteiger partial charge in [-0.1, -0.05) is 12.1 Å². The molecule has 0 saturated heterocycles. The van der Waals surface area contributed by atoms with E-state index in [-0.39, 0.29) is 13.2 Å². The number of aliphatic hydroxyl groups is 1. The number of aliphatic hydroxyl groups excluding tert-OH is 1. The fraction of sp³-hybridized carbons (Fsp3) is 0.353. The number of aromatic nitrogens is 4. The zero-order valence-electron chi connectivity index (χ0n) is 14.3. The standard InChI is InChI=1S/C17H18F3N5O/c1-11-22-15-14(9-21-24(15)2)16(23-11)25(7-8-26)10-12-3-5-13(6-4-12)17(18,19)20/h3-6,9,26H,7-8,10H2,1-2H3. The van der Waals surface area contributed by atoms with E-state index >= 15 is 0 Å². The summed E-state index contributed by atoms with van der Waals surface area (Å²) in [6.45, 7) is 2.22. The molecule has 0 fully saturated rings. The van der Waals surface area contributed by atoms with Crippen LogP contribution in [0.2, 0.25) is 0 Å². The maximum Gasteiger partial charge on any atom is 0.416 e. The highest BCUT2D eigenvalue weighted by atomic mass is 19.4. The SMILES string of the molecule is Cc1nc(N(CCO)Cc2ccc(C(F)(F)F)cc2)c2cnn(C)c2n1. The summed E-state index contributed by atoms with van der Waals surface area (Å²) in [5, 5.41) is 14.3. The number of benzene rings is 1. The van der Waals surface area contributed by atoms with Crippen LogP contribution in [0.1, 0.15) is 17.0 Å². The van der Waals surface area contributed by atoms with Crippen LogP contribution in [0, 0.1) is 6.92 Å². The van der Waals surface area contributed by atoms with Crippen LogP contribution >= 0.6 is 0 Å². The first kappa shape index (κ1) is 18.1. The van der Waals surface area contributed by atoms with Gasteiger partial charge in [0.25, 0.3) is 0 Å². The molecule has 138 valence electrons. The number of halogens is 3. The fourth-order valence-corrected chi connectivity index (χ4v) is 2.75. The van der Waals surface area contributed by atoms with Crippen molar-refractivity contribution in [3.63, 3.8) is 0 Å². The maximum absolute atomic E-state index is 12.7. The van der Waals surface area contributed by atoms with Crippen molar-refractivity contribution < 1.29 is 18.3 Å². The first-order valence-corrected chi connectivity index (χ1v) is 7.98. The molecule has 0 atom stereocenters. The third-order valence-corrected chi connectivity index (χ3v) is 4.01. The van der Waals surface area contributed by atoms with Gasteiger partial charge in [-0.05, 0) is 24.6 Å². The second kappa shape index (κ2) is 6.91. The van der Waals surface area contributed by atoms with Crippen LogP contribution in [0.4, 0.5) is 19.0 Å². The molecule has 26 heavy (non-hydrogen) atoms. The van der Waals surface area contributed by atoms with Crippen molar-refractivity contribution in [2.75, 3.05) is 18.1 Å². The topological polar surface area (TPSA) is 67.1 Å². The summed E-state index contributed by atoms with van der Waals surface area (Å²) < 4.78 is 39.8. The lowest BCUT2D eigenvalue weighted by molar-refractivity contribution is -0.137. The molecule has 0 bridgehead atoms. The van der Waals surface area contributed by atoms with Gasteiger partial charge in [-0.15, -0.1) is 0 Å². The summed E-state index contributed by atoms with van der Waals surface area (Å²) in [5.41, 5.74) is 0.644. The van der Waals surface area contributed by atoms with E-state index in [1.54, 1.807) is 29.7 Å². The molecule has 0 radical (unpaired) electrons. The Morgan fingerprint density at radius 1 is 1.15 bits per heavy atom. The van der Waals surface area contributed by atoms with Crippen LogP contribution in [0.25, 0.3) is 11.0 Å². The number of nitrogens with zero attached hydrogens (tertiary/aromatic N) is 5. The normalized spacial score (nSPS) is 11.9. The minimum atomic E-state index is -4.37. The van der Waals surface area contributed by atoms with Crippen LogP contribution in [0.15, 0.2) is 30.5 Å². The molecule has 3 rings (SSSR count). The van der Waals surface area contributed by atoms with Gasteiger partial charge in [-0.2, -0.15) is 18.3 Å². The third-order valence-electron chi connectivity index (χ3n) is 4.01. The lowest BCUT2D eigenvalue weighted by Gasteiger charge is -2.24. The van der Waals surface area contributed by atoms with Gasteiger partial charge in [-0.3, -0.25) is 4.68 Å². The van der Waals surface area contributed by atoms with E-state index in [2.05, 4.69) is 15.1 Å². The highest BCUT2D eigenvalue weighted by Gasteiger charge is 2.30. The largest absolute Gasteiger partial charge is 0.416 e. The van der Waals surface area contributed by atoms with Gasteiger partial charge in [-0.25, -0.2) is 9.97 Å². The average molecular weight is 365 g/mol. The van der Waals surface area contributed by atoms with Crippen molar-refractivity contribution in [1.29, 1.82) is 0 Å². The fourth-order valence-electron chi connectivity index (χ4n) is 2.75. The molecule has 9 heteroatoms. The van der Waals surface area contributed by atoms with Crippen LogP contribution < -0.4 is 4.90 Å². The van der Waals surface area contributed by atoms with Crippen LogP contribution in [-0.2, 0) is 19.8 Å². The Morgan fingerprint density at radius 3 is 2.46 bits per heavy atom. The summed E-state index contributed by atoms with van der Waals surface area (Å²) in [6.07, 6.45) is -2.73. The number of anilines is 1. The third kappa shape index (κ3) is 3.62. The molecule has 2 aromatic heterocycles. The Labute approximate surface area is 147 Å². The molecule has 0 amide bonds. The molecule has 0 aliphatic heterocycles. The average Bonchev–Trinajstić information content (AvgIpc) is 2.94. The number of fused-ring (bicyclic) bond motifs is 1. The Kier molecular flexibility index (Phi) is 4.82. The van der Waals surface area contributed by atoms with Crippen molar-refractivity contribution >= 4 is 16.9 Å². The molecule has 3 aromatic rings. The maximum atomic E-state index is 12.7. The van der Waals surface area contributed by atoms with Gasteiger partial charge < -0.3 is 10.0 Å². The number of hydrogen-bond donors (Lipinski definition) is 1. The molecule has 0 saturated carbocycles. The lowest BCUT2D eigenvalue weighted by Crippen LogP contribution is -2.27. The highest BCUT2D eigenvalue weighted by Crippen LogP contribution is 2.30. The molecular formula is C17H18F3N5O. The van der Waals surface area contributed by atoms with Crippen molar-refractivity contribution in [3.05, 3.63) is 47.4 Å². The molecule has 0 unspecified atom stereocenters. The highest BCUT2D eigenvalue weighted by molar-refractivity contribution is 5.86. The van der Waals surface area contributed by atoms with Crippen LogP contribution in [0.3, 0.4) is 0 Å². The van der Waals surface area contributed by atoms with E-state index in [0.29, 0.717) is 29.4 Å². The Bertz CT molecular complexity index is 905. The van der Waals surface area contributed by atoms with E-state index < -0.39 is 11.7 Å². The summed E-state index contributed by atoms with van der Waals surface area (Å²) in [5.74, 6) is 1.14. The van der Waals surface area contributed by atoms with Gasteiger partial charge in [0.15, 0.2) is 5.65 Å². The van der Waals surface area contributed by atoms with Gasteiger partial charge in [0.2, 0.25) is 0 Å². The second-order valence-corrected chi connectivity index (χ2v) is 5.94. The molecule has 0 spiro atoms. The van der Waals surface area contributed by atoms with E-state index in [4.69, 9.17) is 0 Å². The Balaban J connectivity index is 1.95.